The summed E-state index contributed by atoms with van der Waals surface area (Å²) >= 11 is 1.39. The molecule has 22 heavy (non-hydrogen) atoms. The molecule has 0 bridgehead atoms. The predicted molar refractivity (Wildman–Crippen MR) is 94.7 cm³/mol. The topological polar surface area (TPSA) is 63.4 Å². The molecule has 0 aromatic heterocycles. The molecule has 0 spiro atoms. The van der Waals surface area contributed by atoms with Gasteiger partial charge in [-0.05, 0) is 25.3 Å². The lowest BCUT2D eigenvalue weighted by molar-refractivity contribution is -0.115. The third kappa shape index (κ3) is 8.72. The Morgan fingerprint density at radius 3 is 2.09 bits per heavy atom. The Labute approximate surface area is 138 Å². The molecule has 1 aromatic carbocycles. The molecule has 1 unspecified atom stereocenters. The van der Waals surface area contributed by atoms with E-state index in [1.807, 2.05) is 30.0 Å². The van der Waals surface area contributed by atoms with Gasteiger partial charge in [-0.3, -0.25) is 9.59 Å². The molecule has 1 rings (SSSR count). The molecule has 0 heterocycles. The van der Waals surface area contributed by atoms with Gasteiger partial charge in [-0.25, -0.2) is 0 Å². The van der Waals surface area contributed by atoms with E-state index in [-0.39, 0.29) is 11.1 Å². The summed E-state index contributed by atoms with van der Waals surface area (Å²) in [6, 6.07) is 10.4. The average molecular weight is 324 g/mol. The molecule has 0 saturated carbocycles. The van der Waals surface area contributed by atoms with Gasteiger partial charge in [0.15, 0.2) is 0 Å². The fraction of sp³-hybridized carbons (Fsp3) is 0.529. The quantitative estimate of drug-likeness (QED) is 0.893. The van der Waals surface area contributed by atoms with E-state index in [1.54, 1.807) is 0 Å². The van der Waals surface area contributed by atoms with Crippen LogP contribution in [0.4, 0.5) is 4.79 Å². The summed E-state index contributed by atoms with van der Waals surface area (Å²) in [5, 5.41) is 0.183. The van der Waals surface area contributed by atoms with Gasteiger partial charge in [0.05, 0.1) is 0 Å². The number of primary amides is 1. The van der Waals surface area contributed by atoms with Gasteiger partial charge >= 0.3 is 0 Å². The molecule has 2 N–H and O–H groups in total. The molecule has 0 aliphatic carbocycles. The lowest BCUT2D eigenvalue weighted by atomic mass is 10.1. The van der Waals surface area contributed by atoms with Gasteiger partial charge in [-0.1, -0.05) is 55.9 Å². The Kier molecular flexibility index (Phi) is 10.4. The number of carbonyl (C=O) groups excluding carboxylic acids is 2. The van der Waals surface area contributed by atoms with Crippen LogP contribution in [0.5, 0.6) is 0 Å². The van der Waals surface area contributed by atoms with Gasteiger partial charge in [-0.15, -0.1) is 0 Å². The maximum Gasteiger partial charge on any atom is 0.282 e. The predicted octanol–water partition coefficient (Wildman–Crippen LogP) is 3.90. The second-order valence-corrected chi connectivity index (χ2v) is 6.35. The third-order valence-corrected chi connectivity index (χ3v) is 4.20. The summed E-state index contributed by atoms with van der Waals surface area (Å²) in [7, 11) is 0. The molecule has 5 heteroatoms. The third-order valence-electron chi connectivity index (χ3n) is 3.24. The number of hydrogen-bond donors (Lipinski definition) is 1. The van der Waals surface area contributed by atoms with Crippen molar-refractivity contribution in [2.24, 2.45) is 11.7 Å². The van der Waals surface area contributed by atoms with Crippen LogP contribution >= 0.6 is 11.8 Å². The van der Waals surface area contributed by atoms with Crippen molar-refractivity contribution in [2.75, 3.05) is 6.54 Å². The number of rotatable bonds is 5. The number of nitrogens with two attached hydrogens (primary N) is 1. The second kappa shape index (κ2) is 11.1. The molecular formula is C17H28N2O2S. The molecule has 1 atom stereocenters. The molecule has 0 saturated heterocycles. The SMILES string of the molecule is CC(N)=O.CCN(C(=O)SCc1ccccc1)C(C)C(C)C. The zero-order valence-electron chi connectivity index (χ0n) is 14.2. The van der Waals surface area contributed by atoms with Crippen molar-refractivity contribution >= 4 is 22.9 Å². The minimum absolute atomic E-state index is 0.183. The van der Waals surface area contributed by atoms with Crippen LogP contribution in [0.3, 0.4) is 0 Å². The summed E-state index contributed by atoms with van der Waals surface area (Å²) in [4.78, 5) is 23.4. The van der Waals surface area contributed by atoms with Crippen LogP contribution in [0, 0.1) is 5.92 Å². The van der Waals surface area contributed by atoms with Crippen molar-refractivity contribution in [3.63, 3.8) is 0 Å². The molecular weight excluding hydrogens is 296 g/mol. The van der Waals surface area contributed by atoms with E-state index in [1.165, 1.54) is 24.2 Å². The first-order chi connectivity index (χ1) is 10.3. The van der Waals surface area contributed by atoms with Crippen LogP contribution in [-0.4, -0.2) is 28.6 Å². The summed E-state index contributed by atoms with van der Waals surface area (Å²) in [6.45, 7) is 10.6. The Bertz CT molecular complexity index is 445. The van der Waals surface area contributed by atoms with Crippen LogP contribution in [0.25, 0.3) is 0 Å². The molecule has 2 amide bonds. The summed E-state index contributed by atoms with van der Waals surface area (Å²) in [5.41, 5.74) is 5.67. The highest BCUT2D eigenvalue weighted by Gasteiger charge is 2.21. The number of amides is 2. The highest BCUT2D eigenvalue weighted by atomic mass is 32.2. The molecule has 4 nitrogen and oxygen atoms in total. The van der Waals surface area contributed by atoms with E-state index < -0.39 is 0 Å². The first-order valence-electron chi connectivity index (χ1n) is 7.52. The Hall–Kier alpha value is -1.49. The first-order valence-corrected chi connectivity index (χ1v) is 8.51. The van der Waals surface area contributed by atoms with E-state index >= 15 is 0 Å². The molecule has 124 valence electrons. The Morgan fingerprint density at radius 1 is 1.18 bits per heavy atom. The normalized spacial score (nSPS) is 11.4. The average Bonchev–Trinajstić information content (AvgIpc) is 2.46. The highest BCUT2D eigenvalue weighted by molar-refractivity contribution is 8.12. The standard InChI is InChI=1S/C15H23NOS.C2H5NO/c1-5-16(13(4)12(2)3)15(17)18-11-14-9-7-6-8-10-14;1-2(3)4/h6-10,12-13H,5,11H2,1-4H3;1H3,(H2,3,4). The summed E-state index contributed by atoms with van der Waals surface area (Å²) < 4.78 is 0. The zero-order valence-corrected chi connectivity index (χ0v) is 15.0. The van der Waals surface area contributed by atoms with Crippen LogP contribution in [0.2, 0.25) is 0 Å². The minimum Gasteiger partial charge on any atom is -0.370 e. The fourth-order valence-electron chi connectivity index (χ4n) is 1.75. The van der Waals surface area contributed by atoms with E-state index in [0.29, 0.717) is 12.0 Å². The minimum atomic E-state index is -0.333. The van der Waals surface area contributed by atoms with E-state index in [4.69, 9.17) is 0 Å². The van der Waals surface area contributed by atoms with Crippen molar-refractivity contribution in [3.8, 4) is 0 Å². The smallest absolute Gasteiger partial charge is 0.282 e. The van der Waals surface area contributed by atoms with Crippen molar-refractivity contribution in [3.05, 3.63) is 35.9 Å². The number of hydrogen-bond acceptors (Lipinski definition) is 3. The molecule has 1 aromatic rings. The van der Waals surface area contributed by atoms with Crippen LogP contribution in [-0.2, 0) is 10.5 Å². The van der Waals surface area contributed by atoms with Gasteiger partial charge in [0.25, 0.3) is 5.24 Å². The maximum atomic E-state index is 12.2. The van der Waals surface area contributed by atoms with Crippen molar-refractivity contribution < 1.29 is 9.59 Å². The molecule has 0 aliphatic rings. The van der Waals surface area contributed by atoms with Crippen LogP contribution in [0.1, 0.15) is 40.2 Å². The Morgan fingerprint density at radius 2 is 1.68 bits per heavy atom. The van der Waals surface area contributed by atoms with Crippen LogP contribution < -0.4 is 5.73 Å². The summed E-state index contributed by atoms with van der Waals surface area (Å²) in [5.74, 6) is 0.910. The number of thioether (sulfide) groups is 1. The largest absolute Gasteiger partial charge is 0.370 e. The lowest BCUT2D eigenvalue weighted by Gasteiger charge is -2.30. The molecule has 0 radical (unpaired) electrons. The molecule has 0 aliphatic heterocycles. The molecule has 0 fully saturated rings. The van der Waals surface area contributed by atoms with Gasteiger partial charge in [-0.2, -0.15) is 0 Å². The van der Waals surface area contributed by atoms with Gasteiger partial charge in [0.2, 0.25) is 5.91 Å². The summed E-state index contributed by atoms with van der Waals surface area (Å²) in [6.07, 6.45) is 0. The van der Waals surface area contributed by atoms with E-state index in [0.717, 1.165) is 12.3 Å². The zero-order chi connectivity index (χ0) is 17.1. The van der Waals surface area contributed by atoms with Gasteiger partial charge in [0, 0.05) is 25.3 Å². The second-order valence-electron chi connectivity index (χ2n) is 5.42. The fourth-order valence-corrected chi connectivity index (χ4v) is 2.69. The lowest BCUT2D eigenvalue weighted by Crippen LogP contribution is -2.39. The van der Waals surface area contributed by atoms with E-state index in [9.17, 15) is 9.59 Å². The monoisotopic (exact) mass is 324 g/mol. The Balaban J connectivity index is 0.000000980. The highest BCUT2D eigenvalue weighted by Crippen LogP contribution is 2.20. The van der Waals surface area contributed by atoms with Crippen molar-refractivity contribution in [1.82, 2.24) is 4.90 Å². The maximum absolute atomic E-state index is 12.2. The van der Waals surface area contributed by atoms with Gasteiger partial charge in [0.1, 0.15) is 0 Å². The number of benzene rings is 1. The number of nitrogens with zero attached hydrogens (tertiary/aromatic N) is 1. The van der Waals surface area contributed by atoms with Crippen molar-refractivity contribution in [1.29, 1.82) is 0 Å². The first kappa shape index (κ1) is 20.5. The van der Waals surface area contributed by atoms with Crippen molar-refractivity contribution in [2.45, 2.75) is 46.4 Å². The number of carbonyl (C=O) groups is 2. The van der Waals surface area contributed by atoms with Gasteiger partial charge < -0.3 is 10.6 Å². The van der Waals surface area contributed by atoms with E-state index in [2.05, 4.69) is 38.6 Å². The van der Waals surface area contributed by atoms with Crippen LogP contribution in [0.15, 0.2) is 30.3 Å².